The summed E-state index contributed by atoms with van der Waals surface area (Å²) in [5.74, 6) is -0.631. The number of sulfonamides is 1. The molecular formula is C31H34Cl2N4O7S. The largest absolute Gasteiger partial charge is 0.497 e. The summed E-state index contributed by atoms with van der Waals surface area (Å²) in [6.07, 6.45) is 3.66. The van der Waals surface area contributed by atoms with E-state index in [2.05, 4.69) is 5.32 Å². The van der Waals surface area contributed by atoms with Gasteiger partial charge in [0, 0.05) is 34.3 Å². The molecular weight excluding hydrogens is 643 g/mol. The standard InChI is InChI=1S/C31H34Cl2N4O7S/c1-20-8-15-27(17-29(20)37(40)41)45(42,43)36(25-11-13-26(44-3)14-12-25)19-30(38)35(18-22-9-10-23(32)16-28(22)33)21(2)31(39)34-24-6-4-5-7-24/h8-17,21,24H,4-7,18-19H2,1-3H3,(H,34,39). The van der Waals surface area contributed by atoms with Gasteiger partial charge in [0.2, 0.25) is 11.8 Å². The monoisotopic (exact) mass is 676 g/mol. The van der Waals surface area contributed by atoms with Gasteiger partial charge in [-0.05, 0) is 74.7 Å². The fourth-order valence-electron chi connectivity index (χ4n) is 5.16. The molecule has 1 saturated carbocycles. The Morgan fingerprint density at radius 1 is 1.07 bits per heavy atom. The number of anilines is 1. The molecule has 1 aliphatic carbocycles. The molecule has 0 heterocycles. The normalized spacial score (nSPS) is 14.1. The number of rotatable bonds is 12. The van der Waals surface area contributed by atoms with Crippen LogP contribution in [0.2, 0.25) is 10.0 Å². The van der Waals surface area contributed by atoms with Gasteiger partial charge in [0.15, 0.2) is 0 Å². The topological polar surface area (TPSA) is 139 Å². The first-order valence-electron chi connectivity index (χ1n) is 14.3. The van der Waals surface area contributed by atoms with E-state index >= 15 is 0 Å². The molecule has 1 fully saturated rings. The number of amides is 2. The van der Waals surface area contributed by atoms with Gasteiger partial charge < -0.3 is 15.0 Å². The molecule has 0 aromatic heterocycles. The van der Waals surface area contributed by atoms with Crippen LogP contribution < -0.4 is 14.4 Å². The fourth-order valence-corrected chi connectivity index (χ4v) is 7.06. The van der Waals surface area contributed by atoms with Crippen LogP contribution in [-0.4, -0.2) is 55.8 Å². The maximum Gasteiger partial charge on any atom is 0.273 e. The average molecular weight is 678 g/mol. The number of nitro groups is 1. The Labute approximate surface area is 272 Å². The number of ether oxygens (including phenoxy) is 1. The number of benzene rings is 3. The lowest BCUT2D eigenvalue weighted by molar-refractivity contribution is -0.385. The first-order chi connectivity index (χ1) is 21.3. The molecule has 1 aliphatic rings. The molecule has 1 N–H and O–H groups in total. The predicted molar refractivity (Wildman–Crippen MR) is 172 cm³/mol. The van der Waals surface area contributed by atoms with Gasteiger partial charge in [-0.15, -0.1) is 0 Å². The minimum absolute atomic E-state index is 0.00970. The van der Waals surface area contributed by atoms with Crippen molar-refractivity contribution >= 4 is 56.4 Å². The van der Waals surface area contributed by atoms with Gasteiger partial charge in [0.25, 0.3) is 15.7 Å². The molecule has 4 rings (SSSR count). The van der Waals surface area contributed by atoms with Crippen molar-refractivity contribution in [3.05, 3.63) is 92.0 Å². The summed E-state index contributed by atoms with van der Waals surface area (Å²) >= 11 is 12.5. The summed E-state index contributed by atoms with van der Waals surface area (Å²) in [5.41, 5.74) is 0.510. The molecule has 11 nitrogen and oxygen atoms in total. The maximum absolute atomic E-state index is 14.2. The molecule has 45 heavy (non-hydrogen) atoms. The van der Waals surface area contributed by atoms with E-state index in [-0.39, 0.29) is 45.4 Å². The number of methoxy groups -OCH3 is 1. The summed E-state index contributed by atoms with van der Waals surface area (Å²) in [5, 5.41) is 15.3. The molecule has 3 aromatic rings. The number of carbonyl (C=O) groups excluding carboxylic acids is 2. The van der Waals surface area contributed by atoms with E-state index in [1.54, 1.807) is 19.1 Å². The van der Waals surface area contributed by atoms with E-state index in [9.17, 15) is 28.1 Å². The van der Waals surface area contributed by atoms with Crippen LogP contribution in [0.1, 0.15) is 43.7 Å². The van der Waals surface area contributed by atoms with E-state index in [1.165, 1.54) is 61.4 Å². The van der Waals surface area contributed by atoms with Crippen LogP contribution in [0.5, 0.6) is 5.75 Å². The van der Waals surface area contributed by atoms with Crippen LogP contribution in [0.25, 0.3) is 0 Å². The first-order valence-corrected chi connectivity index (χ1v) is 16.5. The zero-order chi connectivity index (χ0) is 32.9. The maximum atomic E-state index is 14.2. The minimum Gasteiger partial charge on any atom is -0.497 e. The highest BCUT2D eigenvalue weighted by atomic mass is 35.5. The van der Waals surface area contributed by atoms with Crippen LogP contribution in [0.3, 0.4) is 0 Å². The van der Waals surface area contributed by atoms with Crippen LogP contribution in [0, 0.1) is 17.0 Å². The van der Waals surface area contributed by atoms with E-state index < -0.39 is 33.4 Å². The smallest absolute Gasteiger partial charge is 0.273 e. The van der Waals surface area contributed by atoms with Gasteiger partial charge >= 0.3 is 0 Å². The number of nitrogens with zero attached hydrogens (tertiary/aromatic N) is 3. The number of hydrogen-bond donors (Lipinski definition) is 1. The van der Waals surface area contributed by atoms with Crippen molar-refractivity contribution in [2.75, 3.05) is 18.0 Å². The Balaban J connectivity index is 1.75. The lowest BCUT2D eigenvalue weighted by atomic mass is 10.1. The van der Waals surface area contributed by atoms with Crippen LogP contribution in [-0.2, 0) is 26.2 Å². The van der Waals surface area contributed by atoms with Crippen molar-refractivity contribution in [2.24, 2.45) is 0 Å². The number of hydrogen-bond acceptors (Lipinski definition) is 7. The highest BCUT2D eigenvalue weighted by molar-refractivity contribution is 7.92. The zero-order valence-electron chi connectivity index (χ0n) is 25.0. The van der Waals surface area contributed by atoms with Crippen molar-refractivity contribution in [1.29, 1.82) is 0 Å². The van der Waals surface area contributed by atoms with Gasteiger partial charge in [0.05, 0.1) is 22.6 Å². The van der Waals surface area contributed by atoms with Gasteiger partial charge in [-0.2, -0.15) is 0 Å². The Morgan fingerprint density at radius 2 is 1.73 bits per heavy atom. The summed E-state index contributed by atoms with van der Waals surface area (Å²) in [4.78, 5) is 39.4. The Bertz CT molecular complexity index is 1680. The predicted octanol–water partition coefficient (Wildman–Crippen LogP) is 5.89. The van der Waals surface area contributed by atoms with E-state index in [1.807, 2.05) is 0 Å². The third kappa shape index (κ3) is 8.05. The third-order valence-corrected chi connectivity index (χ3v) is 10.2. The van der Waals surface area contributed by atoms with Crippen molar-refractivity contribution in [3.8, 4) is 5.75 Å². The number of halogens is 2. The van der Waals surface area contributed by atoms with Crippen molar-refractivity contribution in [1.82, 2.24) is 10.2 Å². The number of nitrogens with one attached hydrogen (secondary N) is 1. The van der Waals surface area contributed by atoms with Gasteiger partial charge in [-0.25, -0.2) is 8.42 Å². The van der Waals surface area contributed by atoms with Crippen LogP contribution in [0.15, 0.2) is 65.6 Å². The van der Waals surface area contributed by atoms with E-state index in [0.717, 1.165) is 36.1 Å². The molecule has 14 heteroatoms. The van der Waals surface area contributed by atoms with Crippen molar-refractivity contribution in [2.45, 2.75) is 63.1 Å². The lowest BCUT2D eigenvalue weighted by Gasteiger charge is -2.32. The van der Waals surface area contributed by atoms with Crippen molar-refractivity contribution in [3.63, 3.8) is 0 Å². The first kappa shape index (κ1) is 34.0. The van der Waals surface area contributed by atoms with Gasteiger partial charge in [-0.1, -0.05) is 48.2 Å². The molecule has 240 valence electrons. The number of nitro benzene ring substituents is 1. The summed E-state index contributed by atoms with van der Waals surface area (Å²) in [6, 6.07) is 13.3. The summed E-state index contributed by atoms with van der Waals surface area (Å²) < 4.78 is 34.3. The molecule has 2 amide bonds. The minimum atomic E-state index is -4.53. The second kappa shape index (κ2) is 14.5. The van der Waals surface area contributed by atoms with Crippen LogP contribution in [0.4, 0.5) is 11.4 Å². The SMILES string of the molecule is COc1ccc(N(CC(=O)N(Cc2ccc(Cl)cc2Cl)C(C)C(=O)NC2CCCC2)S(=O)(=O)c2ccc(C)c([N+](=O)[O-])c2)cc1. The van der Waals surface area contributed by atoms with Gasteiger partial charge in [-0.3, -0.25) is 24.0 Å². The highest BCUT2D eigenvalue weighted by Gasteiger charge is 2.34. The average Bonchev–Trinajstić information content (AvgIpc) is 3.52. The second-order valence-corrected chi connectivity index (χ2v) is 13.5. The molecule has 1 atom stereocenters. The highest BCUT2D eigenvalue weighted by Crippen LogP contribution is 2.30. The summed E-state index contributed by atoms with van der Waals surface area (Å²) in [7, 11) is -3.08. The Hall–Kier alpha value is -3.87. The lowest BCUT2D eigenvalue weighted by Crippen LogP contribution is -2.52. The van der Waals surface area contributed by atoms with E-state index in [4.69, 9.17) is 27.9 Å². The number of carbonyl (C=O) groups is 2. The molecule has 0 spiro atoms. The molecule has 1 unspecified atom stereocenters. The molecule has 0 saturated heterocycles. The Morgan fingerprint density at radius 3 is 2.33 bits per heavy atom. The molecule has 0 radical (unpaired) electrons. The Kier molecular flexibility index (Phi) is 10.9. The fraction of sp³-hybridized carbons (Fsp3) is 0.355. The number of aryl methyl sites for hydroxylation is 1. The summed E-state index contributed by atoms with van der Waals surface area (Å²) in [6.45, 7) is 2.24. The molecule has 0 bridgehead atoms. The van der Waals surface area contributed by atoms with Crippen LogP contribution >= 0.6 is 23.2 Å². The molecule has 3 aromatic carbocycles. The van der Waals surface area contributed by atoms with Gasteiger partial charge in [0.1, 0.15) is 18.3 Å². The van der Waals surface area contributed by atoms with Crippen molar-refractivity contribution < 1.29 is 27.7 Å². The molecule has 0 aliphatic heterocycles. The second-order valence-electron chi connectivity index (χ2n) is 10.8. The van der Waals surface area contributed by atoms with E-state index in [0.29, 0.717) is 16.3 Å². The quantitative estimate of drug-likeness (QED) is 0.186. The zero-order valence-corrected chi connectivity index (χ0v) is 27.4. The third-order valence-electron chi connectivity index (χ3n) is 7.83.